The van der Waals surface area contributed by atoms with Gasteiger partial charge in [-0.05, 0) is 36.8 Å². The molecule has 9 heteroatoms. The Hall–Kier alpha value is -2.00. The van der Waals surface area contributed by atoms with Crippen molar-refractivity contribution < 1.29 is 13.2 Å². The van der Waals surface area contributed by atoms with Crippen molar-refractivity contribution in [3.05, 3.63) is 53.3 Å². The number of nitrogens with one attached hydrogen (secondary N) is 1. The van der Waals surface area contributed by atoms with Gasteiger partial charge in [-0.2, -0.15) is 0 Å². The normalized spacial score (nSPS) is 11.1. The molecule has 0 saturated carbocycles. The van der Waals surface area contributed by atoms with Crippen LogP contribution in [0, 0.1) is 6.92 Å². The summed E-state index contributed by atoms with van der Waals surface area (Å²) in [5.74, 6) is -0.357. The Morgan fingerprint density at radius 3 is 2.52 bits per heavy atom. The molecule has 0 aliphatic heterocycles. The lowest BCUT2D eigenvalue weighted by atomic mass is 10.2. The van der Waals surface area contributed by atoms with Gasteiger partial charge in [-0.25, -0.2) is 12.7 Å². The SMILES string of the molecule is Cc1ccc(NC(=O)c2ccnc(CN)c2)cc1S(=O)(=O)N(C)C.Cl. The van der Waals surface area contributed by atoms with Crippen LogP contribution in [0.1, 0.15) is 21.6 Å². The van der Waals surface area contributed by atoms with Crippen molar-refractivity contribution in [2.45, 2.75) is 18.4 Å². The van der Waals surface area contributed by atoms with E-state index in [0.717, 1.165) is 4.31 Å². The molecule has 7 nitrogen and oxygen atoms in total. The van der Waals surface area contributed by atoms with E-state index in [-0.39, 0.29) is 29.8 Å². The van der Waals surface area contributed by atoms with Gasteiger partial charge in [0.25, 0.3) is 5.91 Å². The molecule has 1 heterocycles. The van der Waals surface area contributed by atoms with E-state index in [2.05, 4.69) is 10.3 Å². The lowest BCUT2D eigenvalue weighted by Crippen LogP contribution is -2.23. The van der Waals surface area contributed by atoms with Crippen LogP contribution in [-0.4, -0.2) is 37.7 Å². The Bertz CT molecular complexity index is 869. The highest BCUT2D eigenvalue weighted by Crippen LogP contribution is 2.22. The molecule has 0 atom stereocenters. The topological polar surface area (TPSA) is 105 Å². The number of aryl methyl sites for hydroxylation is 1. The number of halogens is 1. The van der Waals surface area contributed by atoms with Crippen molar-refractivity contribution in [3.63, 3.8) is 0 Å². The monoisotopic (exact) mass is 384 g/mol. The Morgan fingerprint density at radius 1 is 1.24 bits per heavy atom. The van der Waals surface area contributed by atoms with E-state index >= 15 is 0 Å². The fourth-order valence-electron chi connectivity index (χ4n) is 2.09. The molecule has 3 N–H and O–H groups in total. The predicted molar refractivity (Wildman–Crippen MR) is 99.4 cm³/mol. The molecule has 25 heavy (non-hydrogen) atoms. The van der Waals surface area contributed by atoms with Crippen LogP contribution in [0.15, 0.2) is 41.4 Å². The van der Waals surface area contributed by atoms with Crippen LogP contribution in [0.2, 0.25) is 0 Å². The van der Waals surface area contributed by atoms with Crippen molar-refractivity contribution in [3.8, 4) is 0 Å². The lowest BCUT2D eigenvalue weighted by Gasteiger charge is -2.15. The van der Waals surface area contributed by atoms with Crippen LogP contribution in [0.3, 0.4) is 0 Å². The zero-order valence-corrected chi connectivity index (χ0v) is 15.8. The Morgan fingerprint density at radius 2 is 1.92 bits per heavy atom. The average molecular weight is 385 g/mol. The van der Waals surface area contributed by atoms with Crippen LogP contribution in [-0.2, 0) is 16.6 Å². The number of nitrogens with two attached hydrogens (primary N) is 1. The zero-order chi connectivity index (χ0) is 17.9. The number of nitrogens with zero attached hydrogens (tertiary/aromatic N) is 2. The first kappa shape index (κ1) is 21.0. The van der Waals surface area contributed by atoms with Crippen LogP contribution in [0.5, 0.6) is 0 Å². The quantitative estimate of drug-likeness (QED) is 0.817. The molecule has 136 valence electrons. The van der Waals surface area contributed by atoms with Crippen molar-refractivity contribution in [2.75, 3.05) is 19.4 Å². The van der Waals surface area contributed by atoms with Crippen LogP contribution in [0.4, 0.5) is 5.69 Å². The third-order valence-corrected chi connectivity index (χ3v) is 5.45. The zero-order valence-electron chi connectivity index (χ0n) is 14.2. The summed E-state index contributed by atoms with van der Waals surface area (Å²) in [6, 6.07) is 7.94. The van der Waals surface area contributed by atoms with E-state index in [1.807, 2.05) is 0 Å². The highest BCUT2D eigenvalue weighted by atomic mass is 35.5. The molecule has 1 aromatic carbocycles. The summed E-state index contributed by atoms with van der Waals surface area (Å²) < 4.78 is 25.8. The van der Waals surface area contributed by atoms with Crippen molar-refractivity contribution in [1.29, 1.82) is 0 Å². The molecule has 1 amide bonds. The number of sulfonamides is 1. The van der Waals surface area contributed by atoms with E-state index in [0.29, 0.717) is 22.5 Å². The number of pyridine rings is 1. The van der Waals surface area contributed by atoms with E-state index < -0.39 is 10.0 Å². The van der Waals surface area contributed by atoms with E-state index in [9.17, 15) is 13.2 Å². The molecular weight excluding hydrogens is 364 g/mol. The second kappa shape index (κ2) is 8.39. The van der Waals surface area contributed by atoms with Gasteiger partial charge in [0, 0.05) is 38.1 Å². The summed E-state index contributed by atoms with van der Waals surface area (Å²) >= 11 is 0. The molecule has 0 spiro atoms. The number of carbonyl (C=O) groups excluding carboxylic acids is 1. The number of carbonyl (C=O) groups is 1. The van der Waals surface area contributed by atoms with Gasteiger partial charge in [0.15, 0.2) is 0 Å². The van der Waals surface area contributed by atoms with Gasteiger partial charge in [-0.1, -0.05) is 6.07 Å². The molecule has 0 radical (unpaired) electrons. The fraction of sp³-hybridized carbons (Fsp3) is 0.250. The van der Waals surface area contributed by atoms with E-state index in [4.69, 9.17) is 5.73 Å². The van der Waals surface area contributed by atoms with Gasteiger partial charge in [0.05, 0.1) is 10.6 Å². The molecule has 0 saturated heterocycles. The summed E-state index contributed by atoms with van der Waals surface area (Å²) in [6.07, 6.45) is 1.51. The summed E-state index contributed by atoms with van der Waals surface area (Å²) in [7, 11) is -0.658. The van der Waals surface area contributed by atoms with Gasteiger partial charge in [0.1, 0.15) is 0 Å². The summed E-state index contributed by atoms with van der Waals surface area (Å²) in [4.78, 5) is 16.5. The molecule has 1 aromatic heterocycles. The standard InChI is InChI=1S/C16H20N4O3S.ClH/c1-11-4-5-13(9-15(11)24(22,23)20(2)3)19-16(21)12-6-7-18-14(8-12)10-17;/h4-9H,10,17H2,1-3H3,(H,19,21);1H. The summed E-state index contributed by atoms with van der Waals surface area (Å²) in [6.45, 7) is 1.94. The number of hydrogen-bond acceptors (Lipinski definition) is 5. The van der Waals surface area contributed by atoms with Crippen molar-refractivity contribution in [2.24, 2.45) is 5.73 Å². The van der Waals surface area contributed by atoms with Crippen molar-refractivity contribution in [1.82, 2.24) is 9.29 Å². The lowest BCUT2D eigenvalue weighted by molar-refractivity contribution is 0.102. The van der Waals surface area contributed by atoms with Gasteiger partial charge >= 0.3 is 0 Å². The third-order valence-electron chi connectivity index (χ3n) is 3.49. The minimum absolute atomic E-state index is 0. The maximum atomic E-state index is 12.3. The van der Waals surface area contributed by atoms with Crippen LogP contribution >= 0.6 is 12.4 Å². The third kappa shape index (κ3) is 4.76. The predicted octanol–water partition coefficient (Wildman–Crippen LogP) is 1.77. The van der Waals surface area contributed by atoms with Crippen LogP contribution < -0.4 is 11.1 Å². The Labute approximate surface area is 153 Å². The first-order chi connectivity index (χ1) is 11.3. The van der Waals surface area contributed by atoms with Gasteiger partial charge < -0.3 is 11.1 Å². The molecule has 0 aliphatic carbocycles. The second-order valence-corrected chi connectivity index (χ2v) is 7.58. The smallest absolute Gasteiger partial charge is 0.255 e. The van der Waals surface area contributed by atoms with Gasteiger partial charge in [-0.3, -0.25) is 9.78 Å². The fourth-order valence-corrected chi connectivity index (χ4v) is 3.23. The average Bonchev–Trinajstić information content (AvgIpc) is 2.56. The van der Waals surface area contributed by atoms with Gasteiger partial charge in [-0.15, -0.1) is 12.4 Å². The molecule has 0 aliphatic rings. The van der Waals surface area contributed by atoms with E-state index in [1.165, 1.54) is 26.4 Å². The molecule has 0 bridgehead atoms. The van der Waals surface area contributed by atoms with E-state index in [1.54, 1.807) is 31.2 Å². The van der Waals surface area contributed by atoms with Crippen molar-refractivity contribution >= 4 is 34.0 Å². The first-order valence-electron chi connectivity index (χ1n) is 7.25. The number of benzene rings is 1. The molecular formula is C16H21ClN4O3S. The highest BCUT2D eigenvalue weighted by molar-refractivity contribution is 7.89. The largest absolute Gasteiger partial charge is 0.325 e. The minimum Gasteiger partial charge on any atom is -0.325 e. The summed E-state index contributed by atoms with van der Waals surface area (Å²) in [5.41, 5.74) is 7.53. The number of rotatable bonds is 5. The molecule has 0 fully saturated rings. The Balaban J connectivity index is 0.00000312. The number of anilines is 1. The molecule has 0 unspecified atom stereocenters. The molecule has 2 aromatic rings. The minimum atomic E-state index is -3.59. The number of hydrogen-bond donors (Lipinski definition) is 2. The van der Waals surface area contributed by atoms with Gasteiger partial charge in [0.2, 0.25) is 10.0 Å². The number of aromatic nitrogens is 1. The highest BCUT2D eigenvalue weighted by Gasteiger charge is 2.20. The second-order valence-electron chi connectivity index (χ2n) is 5.46. The first-order valence-corrected chi connectivity index (χ1v) is 8.69. The number of amides is 1. The molecule has 2 rings (SSSR count). The maximum Gasteiger partial charge on any atom is 0.255 e. The van der Waals surface area contributed by atoms with Crippen LogP contribution in [0.25, 0.3) is 0 Å². The Kier molecular flexibility index (Phi) is 7.06. The summed E-state index contributed by atoms with van der Waals surface area (Å²) in [5, 5.41) is 2.70. The maximum absolute atomic E-state index is 12.3.